The molecule has 1 saturated heterocycles. The van der Waals surface area contributed by atoms with Crippen molar-refractivity contribution < 1.29 is 4.74 Å². The van der Waals surface area contributed by atoms with Crippen LogP contribution < -0.4 is 15.5 Å². The first kappa shape index (κ1) is 22.8. The van der Waals surface area contributed by atoms with Gasteiger partial charge in [0.1, 0.15) is 5.82 Å². The Morgan fingerprint density at radius 2 is 1.87 bits per heavy atom. The molecular formula is C23H40N6O. The summed E-state index contributed by atoms with van der Waals surface area (Å²) in [6, 6.07) is 4.26. The Bertz CT molecular complexity index is 646. The number of morpholine rings is 1. The van der Waals surface area contributed by atoms with Crippen LogP contribution in [0, 0.1) is 0 Å². The summed E-state index contributed by atoms with van der Waals surface area (Å²) in [5.41, 5.74) is 1.39. The van der Waals surface area contributed by atoms with Gasteiger partial charge in [0.15, 0.2) is 5.96 Å². The number of hydrogen-bond acceptors (Lipinski definition) is 5. The van der Waals surface area contributed by atoms with E-state index < -0.39 is 0 Å². The molecule has 7 heteroatoms. The topological polar surface area (TPSA) is 65.0 Å². The first-order valence-electron chi connectivity index (χ1n) is 11.7. The third kappa shape index (κ3) is 5.85. The van der Waals surface area contributed by atoms with Gasteiger partial charge in [-0.15, -0.1) is 0 Å². The van der Waals surface area contributed by atoms with E-state index in [1.807, 2.05) is 13.2 Å². The van der Waals surface area contributed by atoms with Gasteiger partial charge in [-0.3, -0.25) is 9.89 Å². The molecule has 1 aromatic rings. The van der Waals surface area contributed by atoms with Crippen LogP contribution in [0.4, 0.5) is 5.82 Å². The quantitative estimate of drug-likeness (QED) is 0.502. The van der Waals surface area contributed by atoms with E-state index >= 15 is 0 Å². The van der Waals surface area contributed by atoms with Crippen LogP contribution in [0.3, 0.4) is 0 Å². The number of guanidine groups is 1. The zero-order valence-electron chi connectivity index (χ0n) is 19.1. The molecule has 0 spiro atoms. The second-order valence-corrected chi connectivity index (χ2v) is 8.36. The second kappa shape index (κ2) is 11.5. The number of ether oxygens (including phenoxy) is 1. The maximum absolute atomic E-state index is 5.60. The number of hydrogen-bond donors (Lipinski definition) is 2. The Labute approximate surface area is 182 Å². The normalized spacial score (nSPS) is 20.0. The molecule has 3 rings (SSSR count). The second-order valence-electron chi connectivity index (χ2n) is 8.36. The van der Waals surface area contributed by atoms with E-state index in [1.54, 1.807) is 0 Å². The first-order chi connectivity index (χ1) is 14.7. The van der Waals surface area contributed by atoms with Crippen molar-refractivity contribution in [1.29, 1.82) is 0 Å². The highest BCUT2D eigenvalue weighted by Gasteiger charge is 2.38. The molecule has 2 fully saturated rings. The molecule has 30 heavy (non-hydrogen) atoms. The minimum atomic E-state index is 0.229. The zero-order valence-corrected chi connectivity index (χ0v) is 19.1. The lowest BCUT2D eigenvalue weighted by Gasteiger charge is -2.48. The largest absolute Gasteiger partial charge is 0.379 e. The van der Waals surface area contributed by atoms with Crippen molar-refractivity contribution in [1.82, 2.24) is 20.5 Å². The van der Waals surface area contributed by atoms with Crippen molar-refractivity contribution in [2.45, 2.75) is 58.0 Å². The van der Waals surface area contributed by atoms with E-state index in [2.05, 4.69) is 56.4 Å². The van der Waals surface area contributed by atoms with Crippen LogP contribution >= 0.6 is 0 Å². The van der Waals surface area contributed by atoms with Crippen LogP contribution in [0.5, 0.6) is 0 Å². The molecule has 1 aliphatic carbocycles. The number of aliphatic imine (C=N–C) groups is 1. The number of rotatable bonds is 8. The van der Waals surface area contributed by atoms with Gasteiger partial charge in [-0.25, -0.2) is 4.98 Å². The van der Waals surface area contributed by atoms with Crippen LogP contribution in [0.2, 0.25) is 0 Å². The average molecular weight is 417 g/mol. The summed E-state index contributed by atoms with van der Waals surface area (Å²) in [6.07, 6.45) is 8.46. The molecule has 168 valence electrons. The molecule has 7 nitrogen and oxygen atoms in total. The third-order valence-corrected chi connectivity index (χ3v) is 6.63. The summed E-state index contributed by atoms with van der Waals surface area (Å²) in [6.45, 7) is 11.7. The van der Waals surface area contributed by atoms with Crippen molar-refractivity contribution in [3.05, 3.63) is 23.9 Å². The molecule has 0 radical (unpaired) electrons. The van der Waals surface area contributed by atoms with E-state index in [0.717, 1.165) is 69.8 Å². The molecule has 2 N–H and O–H groups in total. The SMILES string of the molecule is CCN(CC)c1ccc(CNC(=NC)NCC2(N3CCOCC3)CCCCC2)cn1. The lowest BCUT2D eigenvalue weighted by Crippen LogP contribution is -2.60. The molecule has 0 aromatic carbocycles. The van der Waals surface area contributed by atoms with Crippen LogP contribution in [0.15, 0.2) is 23.3 Å². The summed E-state index contributed by atoms with van der Waals surface area (Å²) < 4.78 is 5.60. The third-order valence-electron chi connectivity index (χ3n) is 6.63. The molecule has 1 aromatic heterocycles. The predicted molar refractivity (Wildman–Crippen MR) is 124 cm³/mol. The van der Waals surface area contributed by atoms with Gasteiger partial charge in [-0.1, -0.05) is 25.3 Å². The number of nitrogens with zero attached hydrogens (tertiary/aromatic N) is 4. The van der Waals surface area contributed by atoms with Gasteiger partial charge in [-0.2, -0.15) is 0 Å². The first-order valence-corrected chi connectivity index (χ1v) is 11.7. The zero-order chi connectivity index (χ0) is 21.2. The molecular weight excluding hydrogens is 376 g/mol. The highest BCUT2D eigenvalue weighted by molar-refractivity contribution is 5.79. The summed E-state index contributed by atoms with van der Waals surface area (Å²) in [4.78, 5) is 14.0. The summed E-state index contributed by atoms with van der Waals surface area (Å²) >= 11 is 0. The smallest absolute Gasteiger partial charge is 0.191 e. The maximum atomic E-state index is 5.60. The van der Waals surface area contributed by atoms with Gasteiger partial charge < -0.3 is 20.3 Å². The Morgan fingerprint density at radius 1 is 1.13 bits per heavy atom. The molecule has 0 bridgehead atoms. The molecule has 1 saturated carbocycles. The number of pyridine rings is 1. The fraction of sp³-hybridized carbons (Fsp3) is 0.739. The van der Waals surface area contributed by atoms with E-state index in [-0.39, 0.29) is 5.54 Å². The fourth-order valence-electron chi connectivity index (χ4n) is 4.76. The highest BCUT2D eigenvalue weighted by atomic mass is 16.5. The van der Waals surface area contributed by atoms with Crippen molar-refractivity contribution in [3.8, 4) is 0 Å². The van der Waals surface area contributed by atoms with Crippen LogP contribution in [-0.4, -0.2) is 74.4 Å². The predicted octanol–water partition coefficient (Wildman–Crippen LogP) is 2.63. The van der Waals surface area contributed by atoms with E-state index in [1.165, 1.54) is 32.1 Å². The molecule has 1 aliphatic heterocycles. The minimum absolute atomic E-state index is 0.229. The van der Waals surface area contributed by atoms with Crippen molar-refractivity contribution in [2.75, 3.05) is 57.9 Å². The summed E-state index contributed by atoms with van der Waals surface area (Å²) in [5.74, 6) is 1.90. The fourth-order valence-corrected chi connectivity index (χ4v) is 4.76. The average Bonchev–Trinajstić information content (AvgIpc) is 2.82. The lowest BCUT2D eigenvalue weighted by atomic mass is 9.80. The van der Waals surface area contributed by atoms with Gasteiger partial charge in [0.2, 0.25) is 0 Å². The Hall–Kier alpha value is -1.86. The van der Waals surface area contributed by atoms with Gasteiger partial charge in [0, 0.05) is 58.1 Å². The molecule has 0 unspecified atom stereocenters. The molecule has 0 amide bonds. The van der Waals surface area contributed by atoms with Crippen molar-refractivity contribution >= 4 is 11.8 Å². The number of anilines is 1. The molecule has 2 aliphatic rings. The van der Waals surface area contributed by atoms with E-state index in [9.17, 15) is 0 Å². The van der Waals surface area contributed by atoms with Crippen LogP contribution in [-0.2, 0) is 11.3 Å². The Balaban J connectivity index is 1.54. The lowest BCUT2D eigenvalue weighted by molar-refractivity contribution is -0.0352. The van der Waals surface area contributed by atoms with Crippen molar-refractivity contribution in [3.63, 3.8) is 0 Å². The number of nitrogens with one attached hydrogen (secondary N) is 2. The van der Waals surface area contributed by atoms with Gasteiger partial charge >= 0.3 is 0 Å². The van der Waals surface area contributed by atoms with Gasteiger partial charge in [0.05, 0.1) is 13.2 Å². The molecule has 0 atom stereocenters. The monoisotopic (exact) mass is 416 g/mol. The number of aromatic nitrogens is 1. The minimum Gasteiger partial charge on any atom is -0.379 e. The van der Waals surface area contributed by atoms with Crippen LogP contribution in [0.1, 0.15) is 51.5 Å². The molecule has 2 heterocycles. The van der Waals surface area contributed by atoms with Crippen molar-refractivity contribution in [2.24, 2.45) is 4.99 Å². The van der Waals surface area contributed by atoms with Gasteiger partial charge in [-0.05, 0) is 38.3 Å². The highest BCUT2D eigenvalue weighted by Crippen LogP contribution is 2.33. The standard InChI is InChI=1S/C23H40N6O/c1-4-28(5-2)21-10-9-20(17-25-21)18-26-22(24-3)27-19-23(11-7-6-8-12-23)29-13-15-30-16-14-29/h9-10,17H,4-8,11-16,18-19H2,1-3H3,(H2,24,26,27). The van der Waals surface area contributed by atoms with E-state index in [4.69, 9.17) is 4.74 Å². The van der Waals surface area contributed by atoms with Gasteiger partial charge in [0.25, 0.3) is 0 Å². The maximum Gasteiger partial charge on any atom is 0.191 e. The Morgan fingerprint density at radius 3 is 2.47 bits per heavy atom. The Kier molecular flexibility index (Phi) is 8.75. The summed E-state index contributed by atoms with van der Waals surface area (Å²) in [5, 5.41) is 7.09. The van der Waals surface area contributed by atoms with E-state index in [0.29, 0.717) is 0 Å². The summed E-state index contributed by atoms with van der Waals surface area (Å²) in [7, 11) is 1.85. The van der Waals surface area contributed by atoms with Crippen LogP contribution in [0.25, 0.3) is 0 Å².